The first-order valence-electron chi connectivity index (χ1n) is 22.1. The number of hydrogen-bond donors (Lipinski definition) is 1. The smallest absolute Gasteiger partial charge is 0.472 e. The van der Waals surface area contributed by atoms with Crippen LogP contribution in [0.2, 0.25) is 0 Å². The number of hydrogen-bond acceptors (Lipinski definition) is 6. The van der Waals surface area contributed by atoms with Gasteiger partial charge in [0.15, 0.2) is 6.10 Å². The van der Waals surface area contributed by atoms with Gasteiger partial charge in [-0.3, -0.25) is 13.8 Å². The van der Waals surface area contributed by atoms with Gasteiger partial charge in [0.2, 0.25) is 0 Å². The quantitative estimate of drug-likeness (QED) is 0.0165. The number of ether oxygens (including phenoxy) is 2. The summed E-state index contributed by atoms with van der Waals surface area (Å²) in [6, 6.07) is 0. The molecule has 314 valence electrons. The van der Waals surface area contributed by atoms with E-state index in [1.165, 1.54) is 148 Å². The highest BCUT2D eigenvalue weighted by Crippen LogP contribution is 2.43. The summed E-state index contributed by atoms with van der Waals surface area (Å²) < 4.78 is 34.7. The molecule has 1 N–H and O–H groups in total. The molecular weight excluding hydrogens is 685 g/mol. The van der Waals surface area contributed by atoms with Crippen LogP contribution in [0.15, 0.2) is 24.5 Å². The lowest BCUT2D eigenvalue weighted by atomic mass is 10.0. The zero-order valence-electron chi connectivity index (χ0n) is 35.5. The van der Waals surface area contributed by atoms with Crippen molar-refractivity contribution in [2.45, 2.75) is 206 Å². The molecule has 0 saturated carbocycles. The fourth-order valence-electron chi connectivity index (χ4n) is 6.10. The zero-order valence-corrected chi connectivity index (χ0v) is 36.4. The first kappa shape index (κ1) is 51.8. The van der Waals surface area contributed by atoms with Crippen molar-refractivity contribution in [3.05, 3.63) is 24.5 Å². The first-order chi connectivity index (χ1) is 25.6. The molecule has 0 aromatic heterocycles. The van der Waals surface area contributed by atoms with E-state index in [1.807, 2.05) is 27.2 Å². The Balaban J connectivity index is 4.27. The Morgan fingerprint density at radius 3 is 1.47 bits per heavy atom. The van der Waals surface area contributed by atoms with Gasteiger partial charge in [-0.15, -0.1) is 0 Å². The molecule has 1 unspecified atom stereocenters. The minimum absolute atomic E-state index is 0.0495. The van der Waals surface area contributed by atoms with E-state index in [0.717, 1.165) is 32.1 Å². The Hall–Kier alpha value is -1.18. The maximum Gasteiger partial charge on any atom is 0.472 e. The standard InChI is InChI=1S/C44H86NO7P/c1-6-8-10-12-14-16-18-20-22-24-26-28-30-32-34-36-39-49-41-43(42-51-53(47,48)50-40-38-45(3,4)5)52-44(46)37-35-33-31-29-27-25-23-21-19-17-15-13-11-9-7-2/h17,19,36,39,43H,6-16,18,20-35,37-38,40-42H2,1-5H3/p+1/b19-17+,39-36+/t43-/m1/s1. The number of rotatable bonds is 41. The van der Waals surface area contributed by atoms with Crippen LogP contribution in [0.5, 0.6) is 0 Å². The van der Waals surface area contributed by atoms with E-state index in [4.69, 9.17) is 18.5 Å². The van der Waals surface area contributed by atoms with Crippen LogP contribution >= 0.6 is 7.82 Å². The van der Waals surface area contributed by atoms with Crippen molar-refractivity contribution < 1.29 is 37.3 Å². The SMILES string of the molecule is CCCCCC/C=C/CCCCCCCCCC(=O)O[C@H](CO/C=C/CCCCCCCCCCCCCCCC)COP(=O)(O)OCC[N+](C)(C)C. The Bertz CT molecular complexity index is 905. The zero-order chi connectivity index (χ0) is 39.1. The van der Waals surface area contributed by atoms with Gasteiger partial charge in [-0.25, -0.2) is 4.57 Å². The number of allylic oxidation sites excluding steroid dienone is 3. The lowest BCUT2D eigenvalue weighted by Gasteiger charge is -2.24. The Labute approximate surface area is 328 Å². The largest absolute Gasteiger partial charge is 0.498 e. The molecule has 0 aliphatic heterocycles. The van der Waals surface area contributed by atoms with Gasteiger partial charge in [0.25, 0.3) is 0 Å². The van der Waals surface area contributed by atoms with Gasteiger partial charge in [-0.05, 0) is 51.0 Å². The maximum atomic E-state index is 12.7. The van der Waals surface area contributed by atoms with Crippen molar-refractivity contribution in [1.82, 2.24) is 0 Å². The number of unbranched alkanes of at least 4 members (excludes halogenated alkanes) is 25. The minimum atomic E-state index is -4.29. The van der Waals surface area contributed by atoms with Gasteiger partial charge in [0.05, 0.1) is 34.0 Å². The summed E-state index contributed by atoms with van der Waals surface area (Å²) in [6.07, 6.45) is 43.0. The summed E-state index contributed by atoms with van der Waals surface area (Å²) in [5, 5.41) is 0. The number of likely N-dealkylation sites (N-methyl/N-ethyl adjacent to an activating group) is 1. The van der Waals surface area contributed by atoms with Crippen molar-refractivity contribution in [3.8, 4) is 0 Å². The van der Waals surface area contributed by atoms with Crippen molar-refractivity contribution in [1.29, 1.82) is 0 Å². The van der Waals surface area contributed by atoms with Crippen LogP contribution in [0.1, 0.15) is 200 Å². The Morgan fingerprint density at radius 2 is 1.00 bits per heavy atom. The number of carbonyl (C=O) groups is 1. The number of esters is 1. The molecule has 0 aliphatic rings. The normalized spacial score (nSPS) is 13.9. The number of phosphoric acid groups is 1. The van der Waals surface area contributed by atoms with Crippen molar-refractivity contribution in [3.63, 3.8) is 0 Å². The van der Waals surface area contributed by atoms with Crippen LogP contribution < -0.4 is 0 Å². The van der Waals surface area contributed by atoms with Gasteiger partial charge in [-0.2, -0.15) is 0 Å². The van der Waals surface area contributed by atoms with Crippen LogP contribution in [0.3, 0.4) is 0 Å². The van der Waals surface area contributed by atoms with Crippen molar-refractivity contribution >= 4 is 13.8 Å². The van der Waals surface area contributed by atoms with Crippen LogP contribution in [0, 0.1) is 0 Å². The van der Waals surface area contributed by atoms with E-state index in [0.29, 0.717) is 17.4 Å². The molecule has 9 heteroatoms. The molecule has 0 aliphatic carbocycles. The molecule has 0 spiro atoms. The molecule has 0 radical (unpaired) electrons. The number of nitrogens with zero attached hydrogens (tertiary/aromatic N) is 1. The Kier molecular flexibility index (Phi) is 36.9. The fraction of sp³-hybridized carbons (Fsp3) is 0.886. The van der Waals surface area contributed by atoms with Crippen LogP contribution in [0.25, 0.3) is 0 Å². The Morgan fingerprint density at radius 1 is 0.585 bits per heavy atom. The van der Waals surface area contributed by atoms with Crippen LogP contribution in [0.4, 0.5) is 0 Å². The summed E-state index contributed by atoms with van der Waals surface area (Å²) in [4.78, 5) is 22.8. The third kappa shape index (κ3) is 41.8. The van der Waals surface area contributed by atoms with Crippen LogP contribution in [-0.2, 0) is 27.9 Å². The van der Waals surface area contributed by atoms with E-state index in [-0.39, 0.29) is 25.8 Å². The lowest BCUT2D eigenvalue weighted by molar-refractivity contribution is -0.870. The van der Waals surface area contributed by atoms with Crippen LogP contribution in [-0.4, -0.2) is 69.0 Å². The minimum Gasteiger partial charge on any atom is -0.498 e. The van der Waals surface area contributed by atoms with E-state index >= 15 is 0 Å². The third-order valence-electron chi connectivity index (χ3n) is 9.58. The highest BCUT2D eigenvalue weighted by molar-refractivity contribution is 7.47. The predicted molar refractivity (Wildman–Crippen MR) is 224 cm³/mol. The molecule has 2 atom stereocenters. The average Bonchev–Trinajstić information content (AvgIpc) is 3.11. The van der Waals surface area contributed by atoms with E-state index < -0.39 is 13.9 Å². The monoisotopic (exact) mass is 773 g/mol. The van der Waals surface area contributed by atoms with Gasteiger partial charge in [0, 0.05) is 6.42 Å². The van der Waals surface area contributed by atoms with E-state index in [1.54, 1.807) is 6.26 Å². The third-order valence-corrected chi connectivity index (χ3v) is 10.6. The summed E-state index contributed by atoms with van der Waals surface area (Å²) in [7, 11) is 1.64. The number of quaternary nitrogens is 1. The molecule has 0 heterocycles. The highest BCUT2D eigenvalue weighted by Gasteiger charge is 2.26. The lowest BCUT2D eigenvalue weighted by Crippen LogP contribution is -2.37. The molecular formula is C44H87NO7P+. The molecule has 0 aromatic rings. The van der Waals surface area contributed by atoms with Gasteiger partial charge in [-0.1, -0.05) is 161 Å². The molecule has 0 rings (SSSR count). The van der Waals surface area contributed by atoms with E-state index in [2.05, 4.69) is 26.0 Å². The van der Waals surface area contributed by atoms with Gasteiger partial charge in [0.1, 0.15) is 19.8 Å². The highest BCUT2D eigenvalue weighted by atomic mass is 31.2. The average molecular weight is 773 g/mol. The molecule has 0 fully saturated rings. The molecule has 0 amide bonds. The summed E-state index contributed by atoms with van der Waals surface area (Å²) in [5.74, 6) is -0.339. The predicted octanol–water partition coefficient (Wildman–Crippen LogP) is 13.2. The van der Waals surface area contributed by atoms with E-state index in [9.17, 15) is 14.3 Å². The van der Waals surface area contributed by atoms with Crippen molar-refractivity contribution in [2.75, 3.05) is 47.5 Å². The van der Waals surface area contributed by atoms with Gasteiger partial charge < -0.3 is 18.9 Å². The topological polar surface area (TPSA) is 91.3 Å². The molecule has 8 nitrogen and oxygen atoms in total. The molecule has 53 heavy (non-hydrogen) atoms. The second kappa shape index (κ2) is 37.7. The van der Waals surface area contributed by atoms with Crippen molar-refractivity contribution in [2.24, 2.45) is 0 Å². The second-order valence-electron chi connectivity index (χ2n) is 16.1. The molecule has 0 bridgehead atoms. The fourth-order valence-corrected chi connectivity index (χ4v) is 6.84. The second-order valence-corrected chi connectivity index (χ2v) is 17.6. The summed E-state index contributed by atoms with van der Waals surface area (Å²) in [6.45, 7) is 4.93. The first-order valence-corrected chi connectivity index (χ1v) is 23.6. The molecule has 0 saturated heterocycles. The number of phosphoric ester groups is 1. The number of carbonyl (C=O) groups excluding carboxylic acids is 1. The summed E-state index contributed by atoms with van der Waals surface area (Å²) in [5.41, 5.74) is 0. The summed E-state index contributed by atoms with van der Waals surface area (Å²) >= 11 is 0. The van der Waals surface area contributed by atoms with Gasteiger partial charge >= 0.3 is 13.8 Å². The molecule has 0 aromatic carbocycles. The maximum absolute atomic E-state index is 12.7.